The minimum Gasteiger partial charge on any atom is -0.394 e. The summed E-state index contributed by atoms with van der Waals surface area (Å²) in [6.07, 6.45) is -71.9. The van der Waals surface area contributed by atoms with Crippen molar-refractivity contribution in [2.24, 2.45) is 0 Å². The molecule has 27 N–H and O–H groups in total. The second-order valence-electron chi connectivity index (χ2n) is 25.9. The van der Waals surface area contributed by atoms with Gasteiger partial charge in [0.1, 0.15) is 189 Å². The Morgan fingerprint density at radius 2 is 0.654 bits per heavy atom. The average Bonchev–Trinajstić information content (AvgIpc) is 0.769. The van der Waals surface area contributed by atoms with Crippen molar-refractivity contribution in [2.45, 2.75) is 274 Å². The number of amides is 5. The lowest BCUT2D eigenvalue weighted by Gasteiger charge is -2.51. The summed E-state index contributed by atoms with van der Waals surface area (Å²) in [7, 11) is 0. The molecule has 0 aromatic rings. The highest BCUT2D eigenvalue weighted by atomic mass is 16.8. The van der Waals surface area contributed by atoms with Gasteiger partial charge in [0.2, 0.25) is 29.5 Å². The first-order valence-electron chi connectivity index (χ1n) is 33.0. The molecule has 0 bridgehead atoms. The van der Waals surface area contributed by atoms with E-state index in [2.05, 4.69) is 26.6 Å². The highest BCUT2D eigenvalue weighted by Crippen LogP contribution is 2.39. The molecule has 0 saturated carbocycles. The highest BCUT2D eigenvalue weighted by molar-refractivity contribution is 5.75. The fraction of sp³-hybridized carbons (Fsp3) is 0.914. The van der Waals surface area contributed by atoms with Gasteiger partial charge in [-0.15, -0.1) is 0 Å². The maximum Gasteiger partial charge on any atom is 0.217 e. The Hall–Kier alpha value is -4.09. The fourth-order valence-corrected chi connectivity index (χ4v) is 12.9. The number of nitrogens with one attached hydrogen (secondary N) is 5. The molecule has 0 aliphatic carbocycles. The minimum absolute atomic E-state index is 0.792. The van der Waals surface area contributed by atoms with Crippen molar-refractivity contribution in [2.75, 3.05) is 59.5 Å². The Morgan fingerprint density at radius 1 is 0.327 bits per heavy atom. The summed E-state index contributed by atoms with van der Waals surface area (Å²) in [6, 6.07) is -8.81. The number of aliphatic hydroxyl groups is 22. The molecule has 7 aliphatic heterocycles. The van der Waals surface area contributed by atoms with E-state index in [9.17, 15) is 136 Å². The average molecular weight is 1520 g/mol. The van der Waals surface area contributed by atoms with Crippen LogP contribution in [-0.2, 0) is 90.3 Å². The molecule has 7 fully saturated rings. The molecule has 0 aromatic heterocycles. The second kappa shape index (κ2) is 39.0. The van der Waals surface area contributed by atoms with Gasteiger partial charge in [-0.25, -0.2) is 0 Å². The molecular weight excluding hydrogens is 1420 g/mol. The summed E-state index contributed by atoms with van der Waals surface area (Å²) in [4.78, 5) is 62.3. The van der Waals surface area contributed by atoms with Gasteiger partial charge in [-0.3, -0.25) is 24.0 Å². The van der Waals surface area contributed by atoms with E-state index in [0.29, 0.717) is 0 Å². The molecule has 104 heavy (non-hydrogen) atoms. The number of rotatable bonds is 31. The van der Waals surface area contributed by atoms with Crippen molar-refractivity contribution in [3.8, 4) is 0 Å². The van der Waals surface area contributed by atoms with Crippen molar-refractivity contribution in [1.82, 2.24) is 26.6 Å². The molecule has 7 rings (SSSR count). The van der Waals surface area contributed by atoms with Gasteiger partial charge in [0.15, 0.2) is 44.0 Å². The third-order valence-electron chi connectivity index (χ3n) is 18.3. The quantitative estimate of drug-likeness (QED) is 0.0306. The number of hydrogen-bond donors (Lipinski definition) is 27. The second-order valence-corrected chi connectivity index (χ2v) is 25.9. The zero-order chi connectivity index (χ0) is 77.2. The largest absolute Gasteiger partial charge is 0.394 e. The zero-order valence-electron chi connectivity index (χ0n) is 56.5. The summed E-state index contributed by atoms with van der Waals surface area (Å²) < 4.78 is 83.9. The molecule has 5 amide bonds. The lowest BCUT2D eigenvalue weighted by Crippen LogP contribution is -2.70. The van der Waals surface area contributed by atoms with Crippen LogP contribution in [0.1, 0.15) is 34.6 Å². The van der Waals surface area contributed by atoms with Crippen LogP contribution in [0.5, 0.6) is 0 Å². The molecule has 0 spiro atoms. The Morgan fingerprint density at radius 3 is 1.04 bits per heavy atom. The molecule has 7 saturated heterocycles. The van der Waals surface area contributed by atoms with Gasteiger partial charge in [-0.1, -0.05) is 0 Å². The summed E-state index contributed by atoms with van der Waals surface area (Å²) in [6.45, 7) is -4.99. The van der Waals surface area contributed by atoms with Gasteiger partial charge in [-0.2, -0.15) is 0 Å². The molecule has 7 heterocycles. The number of hydrogen-bond acceptors (Lipinski definition) is 41. The van der Waals surface area contributed by atoms with Crippen LogP contribution in [0.4, 0.5) is 0 Å². The van der Waals surface area contributed by atoms with Gasteiger partial charge >= 0.3 is 0 Å². The van der Waals surface area contributed by atoms with E-state index in [1.165, 1.54) is 0 Å². The van der Waals surface area contributed by atoms with E-state index >= 15 is 0 Å². The molecular formula is C58H99N5O41. The van der Waals surface area contributed by atoms with E-state index in [1.54, 1.807) is 0 Å². The molecule has 0 unspecified atom stereocenters. The molecule has 0 aromatic carbocycles. The zero-order valence-corrected chi connectivity index (χ0v) is 56.5. The van der Waals surface area contributed by atoms with E-state index < -0.39 is 328 Å². The van der Waals surface area contributed by atoms with Crippen LogP contribution >= 0.6 is 0 Å². The van der Waals surface area contributed by atoms with E-state index in [1.807, 2.05) is 0 Å². The maximum atomic E-state index is 12.7. The summed E-state index contributed by atoms with van der Waals surface area (Å²) in [5.74, 6) is -4.32. The van der Waals surface area contributed by atoms with Crippen LogP contribution in [0, 0.1) is 0 Å². The summed E-state index contributed by atoms with van der Waals surface area (Å²) in [5.41, 5.74) is 0. The number of carbonyl (C=O) groups excluding carboxylic acids is 5. The van der Waals surface area contributed by atoms with E-state index in [4.69, 9.17) is 66.3 Å². The Labute approximate surface area is 590 Å². The molecule has 39 atom stereocenters. The van der Waals surface area contributed by atoms with Crippen molar-refractivity contribution < 1.29 is 203 Å². The Bertz CT molecular complexity index is 2710. The standard InChI is InChI=1S/C58H99N5O41/c1-15(71)59-20(6-64)33(77)47(21(76)7-65)100-56-46(90)49(102-58-51(104-55-32(63-19(5)75)43(87)37(81)25(11-69)96-55)45(89)48(26(12-70)97-58)101-53-30(61-17(3)73)41(85)35(79)23(9-67)94-53)39(83)28(98-56)14-92-57-50(103-54-31(62-18(4)74)42(86)36(80)24(10-68)95-54)44(88)38(82)27(99-57)13-91-52-29(60-16(2)72)40(84)34(78)22(8-66)93-52/h20-58,64-70,76-90H,6-14H2,1-5H3,(H,59,71)(H,60,72)(H,61,73)(H,62,74)(H,63,75)/t20-,21+,22+,23+,24+,25+,26+,27+,28+,29+,30+,31+,32+,33+,34+,35+,36+,37+,38+,39+,40+,41+,42+,43+,44-,45-,46-,47+,48+,49-,50-,51-,52+,53-,54-,55-,56-,57-,58+/m0/s1. The smallest absolute Gasteiger partial charge is 0.217 e. The molecule has 46 nitrogen and oxygen atoms in total. The van der Waals surface area contributed by atoms with Crippen LogP contribution in [0.25, 0.3) is 0 Å². The Kier molecular flexibility index (Phi) is 32.7. The third kappa shape index (κ3) is 20.5. The van der Waals surface area contributed by atoms with Gasteiger partial charge < -0.3 is 205 Å². The first-order chi connectivity index (χ1) is 49.1. The molecule has 7 aliphatic rings. The summed E-state index contributed by atoms with van der Waals surface area (Å²) >= 11 is 0. The normalized spacial score (nSPS) is 44.0. The fourth-order valence-electron chi connectivity index (χ4n) is 12.9. The number of carbonyl (C=O) groups is 5. The number of ether oxygens (including phenoxy) is 14. The molecule has 0 radical (unpaired) electrons. The van der Waals surface area contributed by atoms with Gasteiger partial charge in [-0.05, 0) is 0 Å². The number of aliphatic hydroxyl groups excluding tert-OH is 22. The SMILES string of the molecule is CC(=O)N[C@H]1[C@H](OC[C@H]2O[C@H](OC[C@H]3O[C@@H](O[C@@H]([C@H](O)[C@H](CO)NC(C)=O)[C@H](O)CO)[C@@H](O)[C@@H](O[C@H]4O[C@H](CO)[C@@H](O[C@@H]5O[C@H](CO)[C@@H](O)[C@H](O)[C@H]5NC(C)=O)[C@H](O)[C@@H]4O[C@@H]4O[C@H](CO)[C@@H](O)[C@H](O)[C@H]4NC(C)=O)[C@@H]3O)[C@@H](O[C@@H]3O[C@H](CO)[C@@H](O)[C@H](O)[C@H]3NC(C)=O)[C@@H](O)[C@@H]2O)O[C@H](CO)[C@@H](O)[C@@H]1O. The van der Waals surface area contributed by atoms with E-state index in [0.717, 1.165) is 34.6 Å². The first-order valence-corrected chi connectivity index (χ1v) is 33.0. The van der Waals surface area contributed by atoms with Gasteiger partial charge in [0.25, 0.3) is 0 Å². The maximum absolute atomic E-state index is 12.7. The highest BCUT2D eigenvalue weighted by Gasteiger charge is 2.60. The van der Waals surface area contributed by atoms with Crippen molar-refractivity contribution in [3.05, 3.63) is 0 Å². The summed E-state index contributed by atoms with van der Waals surface area (Å²) in [5, 5.41) is 256. The Balaban J connectivity index is 1.32. The predicted octanol–water partition coefficient (Wildman–Crippen LogP) is -18.1. The minimum atomic E-state index is -2.60. The van der Waals surface area contributed by atoms with Crippen LogP contribution in [0.3, 0.4) is 0 Å². The molecule has 46 heteroatoms. The van der Waals surface area contributed by atoms with Crippen LogP contribution in [0.2, 0.25) is 0 Å². The van der Waals surface area contributed by atoms with Gasteiger partial charge in [0.05, 0.1) is 65.5 Å². The van der Waals surface area contributed by atoms with Crippen LogP contribution in [-0.4, -0.2) is 440 Å². The van der Waals surface area contributed by atoms with Gasteiger partial charge in [0, 0.05) is 34.6 Å². The topological polar surface area (TPSA) is 720 Å². The first kappa shape index (κ1) is 87.1. The lowest BCUT2D eigenvalue weighted by molar-refractivity contribution is -0.400. The van der Waals surface area contributed by atoms with Crippen LogP contribution in [0.15, 0.2) is 0 Å². The predicted molar refractivity (Wildman–Crippen MR) is 325 cm³/mol. The monoisotopic (exact) mass is 1520 g/mol. The molecule has 602 valence electrons. The van der Waals surface area contributed by atoms with E-state index in [-0.39, 0.29) is 0 Å². The van der Waals surface area contributed by atoms with Crippen molar-refractivity contribution in [1.29, 1.82) is 0 Å². The third-order valence-corrected chi connectivity index (χ3v) is 18.3. The lowest BCUT2D eigenvalue weighted by atomic mass is 9.94. The van der Waals surface area contributed by atoms with Crippen molar-refractivity contribution >= 4 is 29.5 Å². The van der Waals surface area contributed by atoms with Crippen molar-refractivity contribution in [3.63, 3.8) is 0 Å². The van der Waals surface area contributed by atoms with Crippen LogP contribution < -0.4 is 26.6 Å².